The summed E-state index contributed by atoms with van der Waals surface area (Å²) >= 11 is 0. The molecule has 0 fully saturated rings. The summed E-state index contributed by atoms with van der Waals surface area (Å²) in [4.78, 5) is 24.6. The molecule has 0 amide bonds. The van der Waals surface area contributed by atoms with E-state index in [2.05, 4.69) is 10.2 Å². The number of nitrogens with zero attached hydrogens (tertiary/aromatic N) is 1. The molecule has 0 saturated heterocycles. The monoisotopic (exact) mass is 308 g/mol. The zero-order valence-electron chi connectivity index (χ0n) is 12.7. The van der Waals surface area contributed by atoms with Crippen molar-refractivity contribution in [3.8, 4) is 5.75 Å². The number of methoxy groups -OCH3 is 1. The number of para-hydroxylation sites is 2. The van der Waals surface area contributed by atoms with E-state index in [1.54, 1.807) is 24.3 Å². The van der Waals surface area contributed by atoms with Crippen molar-refractivity contribution in [1.29, 1.82) is 0 Å². The second-order valence-electron chi connectivity index (χ2n) is 5.16. The number of fused-ring (bicyclic) bond motifs is 1. The molecular formula is C18H16N2O3. The van der Waals surface area contributed by atoms with Gasteiger partial charge in [0.1, 0.15) is 11.4 Å². The first-order valence-corrected chi connectivity index (χ1v) is 7.33. The van der Waals surface area contributed by atoms with Crippen LogP contribution >= 0.6 is 0 Å². The first-order chi connectivity index (χ1) is 11.2. The lowest BCUT2D eigenvalue weighted by molar-refractivity contribution is 0.0914. The molecule has 1 heterocycles. The largest absolute Gasteiger partial charge is 0.496 e. The van der Waals surface area contributed by atoms with Gasteiger partial charge in [0.2, 0.25) is 0 Å². The molecule has 1 N–H and O–H groups in total. The standard InChI is InChI=1S/C18H16N2O3/c1-23-17-9-5-3-7-13(17)15(21)10-11-16(22)18-12-6-2-4-8-14(12)19-20-18/h2-9H,10-11H2,1H3,(H,19,20). The Balaban J connectivity index is 1.73. The van der Waals surface area contributed by atoms with E-state index in [0.717, 1.165) is 10.9 Å². The van der Waals surface area contributed by atoms with Gasteiger partial charge in [-0.1, -0.05) is 30.3 Å². The Kier molecular flexibility index (Phi) is 4.19. The second-order valence-corrected chi connectivity index (χ2v) is 5.16. The molecule has 0 aliphatic heterocycles. The number of benzene rings is 2. The summed E-state index contributed by atoms with van der Waals surface area (Å²) in [7, 11) is 1.52. The first kappa shape index (κ1) is 15.0. The minimum absolute atomic E-state index is 0.115. The first-order valence-electron chi connectivity index (χ1n) is 7.33. The van der Waals surface area contributed by atoms with Gasteiger partial charge in [0, 0.05) is 18.2 Å². The number of carbonyl (C=O) groups is 2. The van der Waals surface area contributed by atoms with Gasteiger partial charge in [0.25, 0.3) is 0 Å². The van der Waals surface area contributed by atoms with Crippen LogP contribution in [0.3, 0.4) is 0 Å². The summed E-state index contributed by atoms with van der Waals surface area (Å²) in [6.07, 6.45) is 0.242. The van der Waals surface area contributed by atoms with Crippen molar-refractivity contribution in [3.05, 3.63) is 59.8 Å². The second kappa shape index (κ2) is 6.44. The highest BCUT2D eigenvalue weighted by atomic mass is 16.5. The predicted octanol–water partition coefficient (Wildman–Crippen LogP) is 3.42. The van der Waals surface area contributed by atoms with Crippen molar-refractivity contribution in [2.24, 2.45) is 0 Å². The Morgan fingerprint density at radius 3 is 2.52 bits per heavy atom. The van der Waals surface area contributed by atoms with Crippen molar-refractivity contribution in [3.63, 3.8) is 0 Å². The molecule has 0 aliphatic carbocycles. The number of rotatable bonds is 6. The number of hydrogen-bond donors (Lipinski definition) is 1. The molecule has 3 aromatic rings. The van der Waals surface area contributed by atoms with Crippen LogP contribution in [0.5, 0.6) is 5.75 Å². The smallest absolute Gasteiger partial charge is 0.184 e. The van der Waals surface area contributed by atoms with Crippen molar-refractivity contribution in [2.45, 2.75) is 12.8 Å². The van der Waals surface area contributed by atoms with Crippen molar-refractivity contribution in [1.82, 2.24) is 10.2 Å². The molecule has 0 spiro atoms. The van der Waals surface area contributed by atoms with Crippen LogP contribution in [-0.4, -0.2) is 28.9 Å². The van der Waals surface area contributed by atoms with Crippen molar-refractivity contribution in [2.75, 3.05) is 7.11 Å². The fourth-order valence-corrected chi connectivity index (χ4v) is 2.53. The summed E-state index contributed by atoms with van der Waals surface area (Å²) in [5.74, 6) is 0.261. The molecule has 3 rings (SSSR count). The zero-order chi connectivity index (χ0) is 16.2. The molecule has 23 heavy (non-hydrogen) atoms. The van der Waals surface area contributed by atoms with Gasteiger partial charge in [-0.15, -0.1) is 0 Å². The molecule has 5 heteroatoms. The van der Waals surface area contributed by atoms with Gasteiger partial charge in [0.05, 0.1) is 18.2 Å². The maximum absolute atomic E-state index is 12.3. The molecule has 0 aliphatic rings. The van der Waals surface area contributed by atoms with E-state index in [0.29, 0.717) is 17.0 Å². The molecule has 0 unspecified atom stereocenters. The van der Waals surface area contributed by atoms with E-state index in [9.17, 15) is 9.59 Å². The third-order valence-electron chi connectivity index (χ3n) is 3.72. The topological polar surface area (TPSA) is 72.1 Å². The molecule has 0 radical (unpaired) electrons. The van der Waals surface area contributed by atoms with Gasteiger partial charge in [-0.25, -0.2) is 0 Å². The van der Waals surface area contributed by atoms with Gasteiger partial charge in [0.15, 0.2) is 11.6 Å². The number of ketones is 2. The Morgan fingerprint density at radius 1 is 1.00 bits per heavy atom. The number of carbonyl (C=O) groups excluding carboxylic acids is 2. The van der Waals surface area contributed by atoms with Gasteiger partial charge in [-0.05, 0) is 18.2 Å². The van der Waals surface area contributed by atoms with Gasteiger partial charge in [-0.3, -0.25) is 14.7 Å². The predicted molar refractivity (Wildman–Crippen MR) is 87.0 cm³/mol. The minimum atomic E-state index is -0.148. The molecule has 0 saturated carbocycles. The normalized spacial score (nSPS) is 10.7. The van der Waals surface area contributed by atoms with E-state index in [-0.39, 0.29) is 24.4 Å². The zero-order valence-corrected chi connectivity index (χ0v) is 12.7. The number of H-pyrrole nitrogens is 1. The number of hydrogen-bond acceptors (Lipinski definition) is 4. The Morgan fingerprint density at radius 2 is 1.70 bits per heavy atom. The van der Waals surface area contributed by atoms with Gasteiger partial charge >= 0.3 is 0 Å². The van der Waals surface area contributed by atoms with E-state index >= 15 is 0 Å². The summed E-state index contributed by atoms with van der Waals surface area (Å²) in [6.45, 7) is 0. The number of aromatic amines is 1. The van der Waals surface area contributed by atoms with Gasteiger partial charge in [-0.2, -0.15) is 5.10 Å². The van der Waals surface area contributed by atoms with Crippen LogP contribution in [0.1, 0.15) is 33.7 Å². The van der Waals surface area contributed by atoms with Crippen LogP contribution in [0.15, 0.2) is 48.5 Å². The lowest BCUT2D eigenvalue weighted by atomic mass is 10.0. The molecule has 2 aromatic carbocycles. The minimum Gasteiger partial charge on any atom is -0.496 e. The molecular weight excluding hydrogens is 292 g/mol. The number of aromatic nitrogens is 2. The maximum atomic E-state index is 12.3. The Labute approximate surface area is 133 Å². The van der Waals surface area contributed by atoms with Crippen molar-refractivity contribution < 1.29 is 14.3 Å². The summed E-state index contributed by atoms with van der Waals surface area (Å²) in [5, 5.41) is 7.68. The average Bonchev–Trinajstić information content (AvgIpc) is 3.03. The average molecular weight is 308 g/mol. The van der Waals surface area contributed by atoms with Crippen LogP contribution in [0.2, 0.25) is 0 Å². The molecule has 116 valence electrons. The fourth-order valence-electron chi connectivity index (χ4n) is 2.53. The number of ether oxygens (including phenoxy) is 1. The van der Waals surface area contributed by atoms with Crippen LogP contribution in [0.25, 0.3) is 10.9 Å². The third-order valence-corrected chi connectivity index (χ3v) is 3.72. The van der Waals surface area contributed by atoms with Crippen LogP contribution in [-0.2, 0) is 0 Å². The lowest BCUT2D eigenvalue weighted by Gasteiger charge is -2.06. The number of nitrogens with one attached hydrogen (secondary N) is 1. The maximum Gasteiger partial charge on any atom is 0.184 e. The van der Waals surface area contributed by atoms with E-state index < -0.39 is 0 Å². The van der Waals surface area contributed by atoms with Crippen LogP contribution in [0, 0.1) is 0 Å². The summed E-state index contributed by atoms with van der Waals surface area (Å²) < 4.78 is 5.18. The fraction of sp³-hybridized carbons (Fsp3) is 0.167. The Bertz CT molecular complexity index is 867. The summed E-state index contributed by atoms with van der Waals surface area (Å²) in [6, 6.07) is 14.4. The molecule has 0 bridgehead atoms. The highest BCUT2D eigenvalue weighted by Crippen LogP contribution is 2.21. The van der Waals surface area contributed by atoms with E-state index in [1.807, 2.05) is 24.3 Å². The highest BCUT2D eigenvalue weighted by molar-refractivity contribution is 6.08. The van der Waals surface area contributed by atoms with Crippen LogP contribution in [0.4, 0.5) is 0 Å². The SMILES string of the molecule is COc1ccccc1C(=O)CCC(=O)c1n[nH]c2ccccc12. The quantitative estimate of drug-likeness (QED) is 0.708. The van der Waals surface area contributed by atoms with Gasteiger partial charge < -0.3 is 4.74 Å². The van der Waals surface area contributed by atoms with Crippen LogP contribution < -0.4 is 4.74 Å². The van der Waals surface area contributed by atoms with E-state index in [1.165, 1.54) is 7.11 Å². The van der Waals surface area contributed by atoms with Crippen molar-refractivity contribution >= 4 is 22.5 Å². The summed E-state index contributed by atoms with van der Waals surface area (Å²) in [5.41, 5.74) is 1.69. The third kappa shape index (κ3) is 2.99. The Hall–Kier alpha value is -2.95. The highest BCUT2D eigenvalue weighted by Gasteiger charge is 2.17. The van der Waals surface area contributed by atoms with E-state index in [4.69, 9.17) is 4.74 Å². The molecule has 5 nitrogen and oxygen atoms in total. The number of Topliss-reactive ketones (excluding diaryl/α,β-unsaturated/α-hetero) is 2. The molecule has 1 aromatic heterocycles. The molecule has 0 atom stereocenters. The lowest BCUT2D eigenvalue weighted by Crippen LogP contribution is -2.07.